The molecule has 0 spiro atoms. The molecule has 3 rings (SSSR count). The number of para-hydroxylation sites is 1. The minimum atomic E-state index is -4.29. The van der Waals surface area contributed by atoms with E-state index in [0.717, 1.165) is 25.3 Å². The van der Waals surface area contributed by atoms with Crippen LogP contribution >= 0.6 is 0 Å². The average Bonchev–Trinajstić information content (AvgIpc) is 3.16. The minimum Gasteiger partial charge on any atom is -0.467 e. The average molecular weight is 759 g/mol. The van der Waals surface area contributed by atoms with Crippen LogP contribution in [-0.4, -0.2) is 81.6 Å². The first-order valence-electron chi connectivity index (χ1n) is 15.8. The summed E-state index contributed by atoms with van der Waals surface area (Å²) in [5.74, 6) is -1.10. The number of ketones is 1. The van der Waals surface area contributed by atoms with Crippen LogP contribution in [0.25, 0.3) is 27.6 Å². The Hall–Kier alpha value is -6.87. The standard InChI is InChI=1S/C35H34N8O10S/c1-4-8-28(35(48)53-3)41-34(47)29(21-38-42-36)40-32(45)16-13-23-9-7-10-25(19-23)27-20-24(22(2)44)14-15-26(27)33(46)37-17-18-39-54(51,52)31-12-6-5-11-30(31)43(49)50/h1,5-7,9-16,19-20,28-29,39H,8,17-18,21H2,2-3H3,(H,37,46)(H,40,45)(H,41,47)/b16-13+/t28-,29-/m0/s1. The number of benzene rings is 3. The Morgan fingerprint density at radius 1 is 1.04 bits per heavy atom. The second kappa shape index (κ2) is 19.7. The molecule has 0 saturated carbocycles. The maximum Gasteiger partial charge on any atom is 0.329 e. The summed E-state index contributed by atoms with van der Waals surface area (Å²) >= 11 is 0. The number of carbonyl (C=O) groups excluding carboxylic acids is 5. The minimum absolute atomic E-state index is 0.127. The number of hydrogen-bond donors (Lipinski definition) is 4. The van der Waals surface area contributed by atoms with Crippen LogP contribution in [-0.2, 0) is 29.1 Å². The molecule has 0 aromatic heterocycles. The van der Waals surface area contributed by atoms with Crippen molar-refractivity contribution in [1.82, 2.24) is 20.7 Å². The SMILES string of the molecule is C#CC[C@H](NC(=O)[C@H](CN=[N+]=[N-])NC(=O)/C=C/c1cccc(-c2cc(C(C)=O)ccc2C(=O)NCCNS(=O)(=O)c2ccccc2[N+](=O)[O-])c1)C(=O)OC. The molecule has 0 aliphatic rings. The lowest BCUT2D eigenvalue weighted by Gasteiger charge is -2.19. The molecule has 0 aliphatic carbocycles. The fourth-order valence-electron chi connectivity index (χ4n) is 4.81. The van der Waals surface area contributed by atoms with Gasteiger partial charge in [0.1, 0.15) is 12.1 Å². The molecular weight excluding hydrogens is 724 g/mol. The number of rotatable bonds is 18. The maximum atomic E-state index is 13.3. The van der Waals surface area contributed by atoms with Crippen molar-refractivity contribution in [3.8, 4) is 23.5 Å². The van der Waals surface area contributed by atoms with Gasteiger partial charge in [-0.05, 0) is 59.5 Å². The van der Waals surface area contributed by atoms with Crippen LogP contribution in [0.5, 0.6) is 0 Å². The van der Waals surface area contributed by atoms with Gasteiger partial charge < -0.3 is 20.7 Å². The van der Waals surface area contributed by atoms with Gasteiger partial charge in [-0.15, -0.1) is 12.3 Å². The fraction of sp³-hybridized carbons (Fsp3) is 0.229. The highest BCUT2D eigenvalue weighted by Gasteiger charge is 2.27. The van der Waals surface area contributed by atoms with E-state index >= 15 is 0 Å². The fourth-order valence-corrected chi connectivity index (χ4v) is 6.01. The number of esters is 1. The first-order valence-corrected chi connectivity index (χ1v) is 17.3. The highest BCUT2D eigenvalue weighted by atomic mass is 32.2. The largest absolute Gasteiger partial charge is 0.467 e. The summed E-state index contributed by atoms with van der Waals surface area (Å²) < 4.78 is 32.3. The molecule has 0 unspecified atom stereocenters. The number of nitro groups is 1. The Bertz CT molecular complexity index is 2180. The third-order valence-corrected chi connectivity index (χ3v) is 8.94. The summed E-state index contributed by atoms with van der Waals surface area (Å²) in [7, 11) is -3.18. The lowest BCUT2D eigenvalue weighted by atomic mass is 9.94. The van der Waals surface area contributed by atoms with Gasteiger partial charge in [0.2, 0.25) is 21.8 Å². The molecule has 0 heterocycles. The zero-order chi connectivity index (χ0) is 39.8. The molecule has 54 heavy (non-hydrogen) atoms. The summed E-state index contributed by atoms with van der Waals surface area (Å²) in [6.45, 7) is 0.363. The number of terminal acetylenes is 1. The van der Waals surface area contributed by atoms with E-state index in [1.807, 2.05) is 0 Å². The first kappa shape index (κ1) is 41.5. The molecule has 0 fully saturated rings. The van der Waals surface area contributed by atoms with E-state index in [2.05, 4.69) is 41.4 Å². The van der Waals surface area contributed by atoms with Crippen LogP contribution in [0.15, 0.2) is 82.8 Å². The summed E-state index contributed by atoms with van der Waals surface area (Å²) in [4.78, 5) is 75.7. The van der Waals surface area contributed by atoms with Gasteiger partial charge in [-0.1, -0.05) is 41.5 Å². The summed E-state index contributed by atoms with van der Waals surface area (Å²) in [6.07, 6.45) is 7.56. The number of methoxy groups -OCH3 is 1. The number of sulfonamides is 1. The quantitative estimate of drug-likeness (QED) is 0.0141. The topological polar surface area (TPSA) is 269 Å². The molecule has 3 amide bonds. The summed E-state index contributed by atoms with van der Waals surface area (Å²) in [5, 5.41) is 22.0. The molecule has 0 bridgehead atoms. The van der Waals surface area contributed by atoms with E-state index in [0.29, 0.717) is 22.3 Å². The maximum absolute atomic E-state index is 13.3. The Morgan fingerprint density at radius 3 is 2.44 bits per heavy atom. The number of ether oxygens (including phenoxy) is 1. The predicted molar refractivity (Wildman–Crippen MR) is 195 cm³/mol. The van der Waals surface area contributed by atoms with Crippen LogP contribution < -0.4 is 20.7 Å². The highest BCUT2D eigenvalue weighted by molar-refractivity contribution is 7.89. The molecule has 0 aliphatic heterocycles. The number of nitro benzene ring substituents is 1. The third-order valence-electron chi connectivity index (χ3n) is 7.43. The Labute approximate surface area is 309 Å². The second-order valence-corrected chi connectivity index (χ2v) is 12.9. The van der Waals surface area contributed by atoms with E-state index < -0.39 is 67.8 Å². The number of amides is 3. The van der Waals surface area contributed by atoms with Crippen molar-refractivity contribution in [1.29, 1.82) is 0 Å². The van der Waals surface area contributed by atoms with Gasteiger partial charge in [0, 0.05) is 47.7 Å². The highest BCUT2D eigenvalue weighted by Crippen LogP contribution is 2.27. The Balaban J connectivity index is 1.78. The number of hydrogen-bond acceptors (Lipinski definition) is 11. The van der Waals surface area contributed by atoms with Crippen molar-refractivity contribution < 1.29 is 42.1 Å². The number of azide groups is 1. The Kier molecular flexibility index (Phi) is 15.1. The number of nitrogens with zero attached hydrogens (tertiary/aromatic N) is 4. The molecule has 2 atom stereocenters. The van der Waals surface area contributed by atoms with E-state index in [9.17, 15) is 42.5 Å². The normalized spacial score (nSPS) is 11.9. The van der Waals surface area contributed by atoms with Gasteiger partial charge in [-0.2, -0.15) is 0 Å². The van der Waals surface area contributed by atoms with Gasteiger partial charge >= 0.3 is 5.97 Å². The number of carbonyl (C=O) groups is 5. The monoisotopic (exact) mass is 758 g/mol. The molecule has 280 valence electrons. The third kappa shape index (κ3) is 11.6. The zero-order valence-corrected chi connectivity index (χ0v) is 29.7. The summed E-state index contributed by atoms with van der Waals surface area (Å²) in [5.41, 5.74) is 9.82. The lowest BCUT2D eigenvalue weighted by molar-refractivity contribution is -0.387. The van der Waals surface area contributed by atoms with Crippen molar-refractivity contribution in [2.75, 3.05) is 26.7 Å². The van der Waals surface area contributed by atoms with Crippen LogP contribution in [0.4, 0.5) is 5.69 Å². The van der Waals surface area contributed by atoms with E-state index in [4.69, 9.17) is 12.0 Å². The van der Waals surface area contributed by atoms with Gasteiger partial charge in [0.15, 0.2) is 10.7 Å². The molecule has 3 aromatic carbocycles. The van der Waals surface area contributed by atoms with Gasteiger partial charge in [0.05, 0.1) is 18.6 Å². The molecule has 19 heteroatoms. The van der Waals surface area contributed by atoms with Crippen molar-refractivity contribution in [2.45, 2.75) is 30.3 Å². The summed E-state index contributed by atoms with van der Waals surface area (Å²) in [6, 6.07) is 13.2. The smallest absolute Gasteiger partial charge is 0.329 e. The van der Waals surface area contributed by atoms with Gasteiger partial charge in [-0.25, -0.2) is 17.9 Å². The van der Waals surface area contributed by atoms with Crippen molar-refractivity contribution in [3.63, 3.8) is 0 Å². The molecular formula is C35H34N8O10S. The van der Waals surface area contributed by atoms with Gasteiger partial charge in [0.25, 0.3) is 11.6 Å². The number of nitrogens with one attached hydrogen (secondary N) is 4. The van der Waals surface area contributed by atoms with Crippen LogP contribution in [0.2, 0.25) is 0 Å². The molecule has 0 radical (unpaired) electrons. The van der Waals surface area contributed by atoms with Crippen molar-refractivity contribution >= 4 is 51.3 Å². The van der Waals surface area contributed by atoms with Gasteiger partial charge in [-0.3, -0.25) is 29.3 Å². The Morgan fingerprint density at radius 2 is 1.78 bits per heavy atom. The van der Waals surface area contributed by atoms with Crippen LogP contribution in [0, 0.1) is 22.5 Å². The van der Waals surface area contributed by atoms with Crippen molar-refractivity contribution in [3.05, 3.63) is 110 Å². The second-order valence-electron chi connectivity index (χ2n) is 11.1. The van der Waals surface area contributed by atoms with E-state index in [-0.39, 0.29) is 30.9 Å². The predicted octanol–water partition coefficient (Wildman–Crippen LogP) is 2.66. The molecule has 3 aromatic rings. The first-order chi connectivity index (χ1) is 25.7. The zero-order valence-electron chi connectivity index (χ0n) is 28.8. The molecule has 0 saturated heterocycles. The molecule has 4 N–H and O–H groups in total. The van der Waals surface area contributed by atoms with E-state index in [1.54, 1.807) is 24.3 Å². The number of Topliss-reactive ketones (excluding diaryl/α,β-unsaturated/α-hetero) is 1. The van der Waals surface area contributed by atoms with E-state index in [1.165, 1.54) is 43.3 Å². The van der Waals surface area contributed by atoms with Crippen molar-refractivity contribution in [2.24, 2.45) is 5.11 Å². The molecule has 18 nitrogen and oxygen atoms in total. The van der Waals surface area contributed by atoms with Crippen LogP contribution in [0.3, 0.4) is 0 Å². The van der Waals surface area contributed by atoms with Crippen LogP contribution in [0.1, 0.15) is 39.6 Å². The lowest BCUT2D eigenvalue weighted by Crippen LogP contribution is -2.52.